The van der Waals surface area contributed by atoms with Gasteiger partial charge in [0.1, 0.15) is 0 Å². The van der Waals surface area contributed by atoms with E-state index >= 15 is 0 Å². The largest absolute Gasteiger partial charge is 0.429 e. The summed E-state index contributed by atoms with van der Waals surface area (Å²) >= 11 is 0. The number of hydrogen-bond acceptors (Lipinski definition) is 5. The maximum Gasteiger partial charge on any atom is 0.342 e. The molecule has 0 aliphatic carbocycles. The Morgan fingerprint density at radius 2 is 1.62 bits per heavy atom. The first-order chi connectivity index (χ1) is 10.1. The van der Waals surface area contributed by atoms with Crippen LogP contribution in [0.15, 0.2) is 54.6 Å². The standard InChI is InChI=1S/C15H11NO5/c17-14-13(10-4-2-1-3-5-10)20-15(21-14)11-6-8-12(9-7-11)16(18)19/h1-9,13,15H/t13-,15+/m1/s1. The Morgan fingerprint density at radius 1 is 0.952 bits per heavy atom. The lowest BCUT2D eigenvalue weighted by molar-refractivity contribution is -0.384. The van der Waals surface area contributed by atoms with Gasteiger partial charge in [-0.1, -0.05) is 30.3 Å². The third-order valence-electron chi connectivity index (χ3n) is 3.18. The zero-order valence-electron chi connectivity index (χ0n) is 10.8. The summed E-state index contributed by atoms with van der Waals surface area (Å²) < 4.78 is 10.8. The number of esters is 1. The first kappa shape index (κ1) is 13.3. The van der Waals surface area contributed by atoms with E-state index in [4.69, 9.17) is 9.47 Å². The van der Waals surface area contributed by atoms with Gasteiger partial charge in [-0.05, 0) is 17.7 Å². The zero-order chi connectivity index (χ0) is 14.8. The van der Waals surface area contributed by atoms with E-state index in [2.05, 4.69) is 0 Å². The lowest BCUT2D eigenvalue weighted by Gasteiger charge is -2.09. The number of cyclic esters (lactones) is 1. The molecule has 0 saturated carbocycles. The Morgan fingerprint density at radius 3 is 2.24 bits per heavy atom. The number of hydrogen-bond donors (Lipinski definition) is 0. The number of carbonyl (C=O) groups excluding carboxylic acids is 1. The average molecular weight is 285 g/mol. The van der Waals surface area contributed by atoms with Crippen molar-refractivity contribution in [3.8, 4) is 0 Å². The van der Waals surface area contributed by atoms with Gasteiger partial charge in [0.15, 0.2) is 6.10 Å². The molecule has 1 aliphatic rings. The molecule has 0 bridgehead atoms. The van der Waals surface area contributed by atoms with E-state index in [9.17, 15) is 14.9 Å². The van der Waals surface area contributed by atoms with Crippen LogP contribution in [-0.2, 0) is 14.3 Å². The first-order valence-electron chi connectivity index (χ1n) is 6.30. The minimum absolute atomic E-state index is 0.0253. The molecule has 1 saturated heterocycles. The number of benzene rings is 2. The van der Waals surface area contributed by atoms with E-state index in [0.29, 0.717) is 11.1 Å². The molecule has 0 unspecified atom stereocenters. The fraction of sp³-hybridized carbons (Fsp3) is 0.133. The first-order valence-corrected chi connectivity index (χ1v) is 6.30. The van der Waals surface area contributed by atoms with Crippen molar-refractivity contribution >= 4 is 11.7 Å². The molecule has 3 rings (SSSR count). The summed E-state index contributed by atoms with van der Waals surface area (Å²) in [5, 5.41) is 10.6. The van der Waals surface area contributed by atoms with E-state index in [1.165, 1.54) is 24.3 Å². The summed E-state index contributed by atoms with van der Waals surface area (Å²) in [6.07, 6.45) is -1.62. The van der Waals surface area contributed by atoms with E-state index in [0.717, 1.165) is 0 Å². The Bertz CT molecular complexity index is 668. The van der Waals surface area contributed by atoms with Crippen LogP contribution >= 0.6 is 0 Å². The van der Waals surface area contributed by atoms with Gasteiger partial charge >= 0.3 is 5.97 Å². The molecule has 2 atom stereocenters. The van der Waals surface area contributed by atoms with Crippen LogP contribution in [0.1, 0.15) is 23.5 Å². The molecule has 2 aromatic carbocycles. The number of ether oxygens (including phenoxy) is 2. The van der Waals surface area contributed by atoms with Gasteiger partial charge in [0.25, 0.3) is 5.69 Å². The van der Waals surface area contributed by atoms with Gasteiger partial charge in [0.05, 0.1) is 4.92 Å². The number of non-ortho nitro benzene ring substituents is 1. The molecule has 0 aromatic heterocycles. The lowest BCUT2D eigenvalue weighted by Crippen LogP contribution is -2.06. The number of carbonyl (C=O) groups is 1. The number of nitrogens with zero attached hydrogens (tertiary/aromatic N) is 1. The second-order valence-corrected chi connectivity index (χ2v) is 4.54. The van der Waals surface area contributed by atoms with E-state index in [1.807, 2.05) is 18.2 Å². The van der Waals surface area contributed by atoms with Gasteiger partial charge in [-0.15, -0.1) is 0 Å². The maximum absolute atomic E-state index is 11.9. The molecule has 0 spiro atoms. The van der Waals surface area contributed by atoms with Crippen LogP contribution < -0.4 is 0 Å². The smallest absolute Gasteiger partial charge is 0.342 e. The molecule has 6 heteroatoms. The number of nitro groups is 1. The molecule has 0 amide bonds. The molecule has 0 radical (unpaired) electrons. The van der Waals surface area contributed by atoms with Gasteiger partial charge in [-0.25, -0.2) is 4.79 Å². The SMILES string of the molecule is O=C1O[C@@H](c2ccc([N+](=O)[O-])cc2)O[C@@H]1c1ccccc1. The highest BCUT2D eigenvalue weighted by atomic mass is 16.8. The molecule has 106 valence electrons. The molecule has 2 aromatic rings. The maximum atomic E-state index is 11.9. The van der Waals surface area contributed by atoms with Crippen LogP contribution in [0, 0.1) is 10.1 Å². The van der Waals surface area contributed by atoms with Crippen LogP contribution in [0.4, 0.5) is 5.69 Å². The molecule has 6 nitrogen and oxygen atoms in total. The summed E-state index contributed by atoms with van der Waals surface area (Å²) in [6.45, 7) is 0. The van der Waals surface area contributed by atoms with Crippen molar-refractivity contribution in [2.24, 2.45) is 0 Å². The van der Waals surface area contributed by atoms with E-state index < -0.39 is 23.3 Å². The van der Waals surface area contributed by atoms with Crippen LogP contribution in [0.3, 0.4) is 0 Å². The van der Waals surface area contributed by atoms with Crippen molar-refractivity contribution in [3.63, 3.8) is 0 Å². The van der Waals surface area contributed by atoms with Crippen LogP contribution in [-0.4, -0.2) is 10.9 Å². The topological polar surface area (TPSA) is 78.7 Å². The quantitative estimate of drug-likeness (QED) is 0.492. The van der Waals surface area contributed by atoms with E-state index in [-0.39, 0.29) is 5.69 Å². The molecule has 1 fully saturated rings. The Balaban J connectivity index is 1.79. The normalized spacial score (nSPS) is 21.0. The van der Waals surface area contributed by atoms with Crippen molar-refractivity contribution in [2.45, 2.75) is 12.4 Å². The van der Waals surface area contributed by atoms with Gasteiger partial charge in [-0.3, -0.25) is 10.1 Å². The minimum Gasteiger partial charge on any atom is -0.429 e. The highest BCUT2D eigenvalue weighted by Gasteiger charge is 2.37. The van der Waals surface area contributed by atoms with Gasteiger partial charge < -0.3 is 9.47 Å². The predicted molar refractivity (Wildman–Crippen MR) is 72.2 cm³/mol. The van der Waals surface area contributed by atoms with Gasteiger partial charge in [0, 0.05) is 17.7 Å². The van der Waals surface area contributed by atoms with Gasteiger partial charge in [-0.2, -0.15) is 0 Å². The number of rotatable bonds is 3. The van der Waals surface area contributed by atoms with Crippen molar-refractivity contribution < 1.29 is 19.2 Å². The third-order valence-corrected chi connectivity index (χ3v) is 3.18. The summed E-state index contributed by atoms with van der Waals surface area (Å²) in [6, 6.07) is 14.8. The third kappa shape index (κ3) is 2.61. The molecular weight excluding hydrogens is 274 g/mol. The predicted octanol–water partition coefficient (Wildman–Crippen LogP) is 2.91. The zero-order valence-corrected chi connectivity index (χ0v) is 10.8. The molecule has 21 heavy (non-hydrogen) atoms. The van der Waals surface area contributed by atoms with Crippen LogP contribution in [0.25, 0.3) is 0 Å². The monoisotopic (exact) mass is 285 g/mol. The Hall–Kier alpha value is -2.73. The molecule has 1 heterocycles. The Kier molecular flexibility index (Phi) is 3.37. The average Bonchev–Trinajstić information content (AvgIpc) is 2.90. The van der Waals surface area contributed by atoms with Crippen molar-refractivity contribution in [1.29, 1.82) is 0 Å². The van der Waals surface area contributed by atoms with Crippen molar-refractivity contribution in [2.75, 3.05) is 0 Å². The van der Waals surface area contributed by atoms with Crippen LogP contribution in [0.5, 0.6) is 0 Å². The second kappa shape index (κ2) is 5.34. The number of nitro benzene ring substituents is 1. The van der Waals surface area contributed by atoms with E-state index in [1.54, 1.807) is 12.1 Å². The molecular formula is C15H11NO5. The van der Waals surface area contributed by atoms with Crippen molar-refractivity contribution in [3.05, 3.63) is 75.8 Å². The summed E-state index contributed by atoms with van der Waals surface area (Å²) in [5.74, 6) is -0.468. The van der Waals surface area contributed by atoms with Gasteiger partial charge in [0.2, 0.25) is 6.29 Å². The summed E-state index contributed by atoms with van der Waals surface area (Å²) in [4.78, 5) is 22.0. The lowest BCUT2D eigenvalue weighted by atomic mass is 10.1. The molecule has 1 aliphatic heterocycles. The highest BCUT2D eigenvalue weighted by molar-refractivity contribution is 5.78. The highest BCUT2D eigenvalue weighted by Crippen LogP contribution is 2.36. The minimum atomic E-state index is -0.844. The fourth-order valence-corrected chi connectivity index (χ4v) is 2.12. The summed E-state index contributed by atoms with van der Waals surface area (Å²) in [7, 11) is 0. The van der Waals surface area contributed by atoms with Crippen LogP contribution in [0.2, 0.25) is 0 Å². The second-order valence-electron chi connectivity index (χ2n) is 4.54. The van der Waals surface area contributed by atoms with Crippen molar-refractivity contribution in [1.82, 2.24) is 0 Å². The summed E-state index contributed by atoms with van der Waals surface area (Å²) in [5.41, 5.74) is 1.25. The Labute approximate surface area is 120 Å². The molecule has 0 N–H and O–H groups in total. The fourth-order valence-electron chi connectivity index (χ4n) is 2.12.